The van der Waals surface area contributed by atoms with Crippen LogP contribution in [0.5, 0.6) is 5.75 Å². The molecule has 1 N–H and O–H groups in total. The van der Waals surface area contributed by atoms with Crippen molar-refractivity contribution in [1.29, 1.82) is 0 Å². The smallest absolute Gasteiger partial charge is 0.271 e. The average molecular weight is 416 g/mol. The molecule has 3 aromatic rings. The summed E-state index contributed by atoms with van der Waals surface area (Å²) in [5.41, 5.74) is 1.71. The second kappa shape index (κ2) is 9.13. The first kappa shape index (κ1) is 20.9. The summed E-state index contributed by atoms with van der Waals surface area (Å²) in [4.78, 5) is 12.2. The molecule has 0 aliphatic heterocycles. The van der Waals surface area contributed by atoms with Gasteiger partial charge >= 0.3 is 0 Å². The van der Waals surface area contributed by atoms with Gasteiger partial charge in [0.25, 0.3) is 5.91 Å². The number of aromatic nitrogens is 4. The van der Waals surface area contributed by atoms with E-state index < -0.39 is 0 Å². The molecule has 2 aromatic heterocycles. The summed E-state index contributed by atoms with van der Waals surface area (Å²) in [5, 5.41) is 11.8. The zero-order valence-electron chi connectivity index (χ0n) is 16.9. The minimum atomic E-state index is -0.211. The molecular formula is C21H26ClN5O2. The molecule has 0 aliphatic carbocycles. The number of nitrogens with one attached hydrogen (secondary N) is 1. The Morgan fingerprint density at radius 3 is 2.59 bits per heavy atom. The fraction of sp³-hybridized carbons (Fsp3) is 0.381. The van der Waals surface area contributed by atoms with Gasteiger partial charge < -0.3 is 10.1 Å². The van der Waals surface area contributed by atoms with Crippen LogP contribution in [0.15, 0.2) is 48.9 Å². The van der Waals surface area contributed by atoms with Gasteiger partial charge in [0.2, 0.25) is 0 Å². The van der Waals surface area contributed by atoms with Crippen LogP contribution in [0, 0.1) is 0 Å². The predicted molar refractivity (Wildman–Crippen MR) is 112 cm³/mol. The van der Waals surface area contributed by atoms with E-state index in [0.29, 0.717) is 23.8 Å². The molecule has 29 heavy (non-hydrogen) atoms. The summed E-state index contributed by atoms with van der Waals surface area (Å²) in [6.45, 7) is 7.97. The highest BCUT2D eigenvalue weighted by Gasteiger charge is 2.13. The summed E-state index contributed by atoms with van der Waals surface area (Å²) >= 11 is 5.82. The molecule has 0 fully saturated rings. The second-order valence-corrected chi connectivity index (χ2v) is 8.26. The van der Waals surface area contributed by atoms with Crippen LogP contribution >= 0.6 is 11.6 Å². The van der Waals surface area contributed by atoms with E-state index in [9.17, 15) is 4.79 Å². The minimum Gasteiger partial charge on any atom is -0.471 e. The molecule has 0 aliphatic rings. The number of carbonyl (C=O) groups is 1. The first-order valence-electron chi connectivity index (χ1n) is 9.54. The Balaban J connectivity index is 1.43. The maximum Gasteiger partial charge on any atom is 0.271 e. The molecule has 0 spiro atoms. The van der Waals surface area contributed by atoms with Crippen LogP contribution in [0.3, 0.4) is 0 Å². The zero-order chi connectivity index (χ0) is 20.9. The monoisotopic (exact) mass is 415 g/mol. The second-order valence-electron chi connectivity index (χ2n) is 7.82. The molecule has 0 bridgehead atoms. The maximum absolute atomic E-state index is 12.2. The largest absolute Gasteiger partial charge is 0.471 e. The van der Waals surface area contributed by atoms with Gasteiger partial charge in [0.1, 0.15) is 11.4 Å². The number of nitrogens with zero attached hydrogens (tertiary/aromatic N) is 4. The van der Waals surface area contributed by atoms with Crippen molar-refractivity contribution in [1.82, 2.24) is 24.9 Å². The van der Waals surface area contributed by atoms with Gasteiger partial charge in [0, 0.05) is 25.5 Å². The van der Waals surface area contributed by atoms with E-state index >= 15 is 0 Å². The highest BCUT2D eigenvalue weighted by atomic mass is 35.5. The normalized spacial score (nSPS) is 11.4. The van der Waals surface area contributed by atoms with E-state index in [2.05, 4.69) is 48.4 Å². The van der Waals surface area contributed by atoms with Crippen molar-refractivity contribution in [3.05, 3.63) is 65.2 Å². The third-order valence-electron chi connectivity index (χ3n) is 4.41. The van der Waals surface area contributed by atoms with Gasteiger partial charge in [-0.2, -0.15) is 10.2 Å². The summed E-state index contributed by atoms with van der Waals surface area (Å²) < 4.78 is 9.09. The molecule has 1 amide bonds. The number of benzene rings is 1. The Hall–Kier alpha value is -2.80. The molecular weight excluding hydrogens is 390 g/mol. The molecule has 0 atom stereocenters. The number of rotatable bonds is 8. The third kappa shape index (κ3) is 6.09. The fourth-order valence-corrected chi connectivity index (χ4v) is 2.90. The number of carbonyl (C=O) groups excluding carboxylic acids is 1. The Labute approximate surface area is 175 Å². The molecule has 3 rings (SSSR count). The van der Waals surface area contributed by atoms with Gasteiger partial charge in [-0.15, -0.1) is 0 Å². The van der Waals surface area contributed by atoms with Crippen LogP contribution in [0.2, 0.25) is 5.02 Å². The molecule has 0 radical (unpaired) electrons. The minimum absolute atomic E-state index is 0.105. The quantitative estimate of drug-likeness (QED) is 0.566. The highest BCUT2D eigenvalue weighted by Crippen LogP contribution is 2.24. The predicted octanol–water partition coefficient (Wildman–Crippen LogP) is 3.89. The van der Waals surface area contributed by atoms with Gasteiger partial charge in [-0.1, -0.05) is 44.5 Å². The van der Waals surface area contributed by atoms with Crippen LogP contribution < -0.4 is 10.1 Å². The van der Waals surface area contributed by atoms with E-state index in [4.69, 9.17) is 16.3 Å². The molecule has 0 saturated carbocycles. The first-order valence-corrected chi connectivity index (χ1v) is 9.92. The Morgan fingerprint density at radius 2 is 1.93 bits per heavy atom. The van der Waals surface area contributed by atoms with Crippen LogP contribution in [0.4, 0.5) is 0 Å². The van der Waals surface area contributed by atoms with Crippen molar-refractivity contribution < 1.29 is 9.53 Å². The van der Waals surface area contributed by atoms with Crippen LogP contribution in [-0.2, 0) is 18.7 Å². The topological polar surface area (TPSA) is 74.0 Å². The summed E-state index contributed by atoms with van der Waals surface area (Å²) in [6.07, 6.45) is 5.82. The van der Waals surface area contributed by atoms with Crippen molar-refractivity contribution in [3.8, 4) is 5.75 Å². The molecule has 154 valence electrons. The Kier molecular flexibility index (Phi) is 6.59. The molecule has 2 heterocycles. The molecule has 7 nitrogen and oxygen atoms in total. The highest BCUT2D eigenvalue weighted by molar-refractivity contribution is 6.30. The van der Waals surface area contributed by atoms with E-state index in [0.717, 1.165) is 12.2 Å². The van der Waals surface area contributed by atoms with Gasteiger partial charge in [-0.05, 0) is 35.6 Å². The van der Waals surface area contributed by atoms with Crippen molar-refractivity contribution in [2.24, 2.45) is 0 Å². The number of amides is 1. The third-order valence-corrected chi connectivity index (χ3v) is 4.60. The van der Waals surface area contributed by atoms with Crippen molar-refractivity contribution >= 4 is 17.5 Å². The van der Waals surface area contributed by atoms with E-state index in [1.165, 1.54) is 5.56 Å². The van der Waals surface area contributed by atoms with Gasteiger partial charge in [0.15, 0.2) is 6.73 Å². The van der Waals surface area contributed by atoms with Crippen molar-refractivity contribution in [3.63, 3.8) is 0 Å². The first-order chi connectivity index (χ1) is 13.8. The number of ether oxygens (including phenoxy) is 1. The van der Waals surface area contributed by atoms with Crippen LogP contribution in [-0.4, -0.2) is 32.0 Å². The summed E-state index contributed by atoms with van der Waals surface area (Å²) in [6, 6.07) is 9.70. The Morgan fingerprint density at radius 1 is 1.17 bits per heavy atom. The van der Waals surface area contributed by atoms with E-state index in [-0.39, 0.29) is 18.1 Å². The SMILES string of the molecule is CC(C)(C)c1ccc(OCn2ccc(C(=O)NCCCn3cc(Cl)cn3)n2)cc1. The lowest BCUT2D eigenvalue weighted by Gasteiger charge is -2.19. The average Bonchev–Trinajstić information content (AvgIpc) is 3.32. The van der Waals surface area contributed by atoms with Gasteiger partial charge in [-0.25, -0.2) is 4.68 Å². The molecule has 0 unspecified atom stereocenters. The standard InChI is InChI=1S/C21H26ClN5O2/c1-21(2,3)16-5-7-18(8-6-16)29-15-27-12-9-19(25-27)20(28)23-10-4-11-26-14-17(22)13-24-26/h5-9,12-14H,4,10-11,15H2,1-3H3,(H,23,28). The summed E-state index contributed by atoms with van der Waals surface area (Å²) in [7, 11) is 0. The van der Waals surface area contributed by atoms with Gasteiger partial charge in [0.05, 0.1) is 11.2 Å². The van der Waals surface area contributed by atoms with E-state index in [1.54, 1.807) is 34.0 Å². The Bertz CT molecular complexity index is 941. The molecule has 1 aromatic carbocycles. The number of halogens is 1. The maximum atomic E-state index is 12.2. The fourth-order valence-electron chi connectivity index (χ4n) is 2.74. The summed E-state index contributed by atoms with van der Waals surface area (Å²) in [5.74, 6) is 0.551. The lowest BCUT2D eigenvalue weighted by Crippen LogP contribution is -2.26. The molecule has 8 heteroatoms. The van der Waals surface area contributed by atoms with Crippen LogP contribution in [0.25, 0.3) is 0 Å². The number of hydrogen-bond donors (Lipinski definition) is 1. The lowest BCUT2D eigenvalue weighted by molar-refractivity contribution is 0.0945. The molecule has 0 saturated heterocycles. The van der Waals surface area contributed by atoms with E-state index in [1.807, 2.05) is 12.1 Å². The zero-order valence-corrected chi connectivity index (χ0v) is 17.7. The lowest BCUT2D eigenvalue weighted by atomic mass is 9.87. The van der Waals surface area contributed by atoms with Crippen molar-refractivity contribution in [2.75, 3.05) is 6.54 Å². The van der Waals surface area contributed by atoms with Gasteiger partial charge in [-0.3, -0.25) is 9.48 Å². The number of aryl methyl sites for hydroxylation is 1. The number of hydrogen-bond acceptors (Lipinski definition) is 4. The van der Waals surface area contributed by atoms with Crippen molar-refractivity contribution in [2.45, 2.75) is 45.9 Å². The van der Waals surface area contributed by atoms with Crippen LogP contribution in [0.1, 0.15) is 43.2 Å².